The summed E-state index contributed by atoms with van der Waals surface area (Å²) in [4.78, 5) is 11.2. The van der Waals surface area contributed by atoms with E-state index in [0.29, 0.717) is 11.8 Å². The molecule has 0 aliphatic carbocycles. The van der Waals surface area contributed by atoms with Crippen molar-refractivity contribution in [2.45, 2.75) is 32.7 Å². The molecule has 15 heavy (non-hydrogen) atoms. The van der Waals surface area contributed by atoms with Gasteiger partial charge in [0, 0.05) is 18.6 Å². The highest BCUT2D eigenvalue weighted by Gasteiger charge is 2.26. The highest BCUT2D eigenvalue weighted by atomic mass is 16.5. The molecule has 2 unspecified atom stereocenters. The van der Waals surface area contributed by atoms with Crippen molar-refractivity contribution in [1.82, 2.24) is 5.32 Å². The van der Waals surface area contributed by atoms with Crippen molar-refractivity contribution in [1.29, 1.82) is 0 Å². The Morgan fingerprint density at radius 2 is 2.40 bits per heavy atom. The van der Waals surface area contributed by atoms with Crippen molar-refractivity contribution in [2.24, 2.45) is 11.8 Å². The number of rotatable bonds is 4. The van der Waals surface area contributed by atoms with Crippen LogP contribution in [0.25, 0.3) is 0 Å². The molecular weight excluding hydrogens is 190 g/mol. The summed E-state index contributed by atoms with van der Waals surface area (Å²) in [7, 11) is 0. The summed E-state index contributed by atoms with van der Waals surface area (Å²) in [6.07, 6.45) is 3.35. The van der Waals surface area contributed by atoms with Gasteiger partial charge in [0.25, 0.3) is 0 Å². The molecule has 1 rings (SSSR count). The summed E-state index contributed by atoms with van der Waals surface area (Å²) in [6.45, 7) is 9.37. The quantitative estimate of drug-likeness (QED) is 0.719. The standard InChI is InChI=1S/C12H21NO2/c1-4-12(14)13-11-5-6-15-8-10(11)7-9(2)3/h4,9-11H,1,5-8H2,2-3H3,(H,13,14). The lowest BCUT2D eigenvalue weighted by Crippen LogP contribution is -2.45. The highest BCUT2D eigenvalue weighted by Crippen LogP contribution is 2.22. The Morgan fingerprint density at radius 1 is 1.67 bits per heavy atom. The molecule has 0 saturated carbocycles. The molecule has 0 bridgehead atoms. The van der Waals surface area contributed by atoms with Crippen molar-refractivity contribution in [2.75, 3.05) is 13.2 Å². The summed E-state index contributed by atoms with van der Waals surface area (Å²) >= 11 is 0. The Balaban J connectivity index is 2.49. The fourth-order valence-electron chi connectivity index (χ4n) is 2.07. The number of ether oxygens (including phenoxy) is 1. The second-order valence-electron chi connectivity index (χ2n) is 4.57. The topological polar surface area (TPSA) is 38.3 Å². The van der Waals surface area contributed by atoms with E-state index in [9.17, 15) is 4.79 Å². The lowest BCUT2D eigenvalue weighted by atomic mass is 9.88. The van der Waals surface area contributed by atoms with Crippen LogP contribution in [0.5, 0.6) is 0 Å². The summed E-state index contributed by atoms with van der Waals surface area (Å²) in [5, 5.41) is 2.99. The van der Waals surface area contributed by atoms with E-state index in [1.54, 1.807) is 0 Å². The van der Waals surface area contributed by atoms with Gasteiger partial charge in [0.2, 0.25) is 5.91 Å². The number of carbonyl (C=O) groups excluding carboxylic acids is 1. The van der Waals surface area contributed by atoms with Crippen LogP contribution < -0.4 is 5.32 Å². The van der Waals surface area contributed by atoms with E-state index in [1.165, 1.54) is 6.08 Å². The van der Waals surface area contributed by atoms with Gasteiger partial charge in [0.1, 0.15) is 0 Å². The zero-order valence-corrected chi connectivity index (χ0v) is 9.66. The van der Waals surface area contributed by atoms with E-state index in [0.717, 1.165) is 26.1 Å². The van der Waals surface area contributed by atoms with Gasteiger partial charge in [-0.25, -0.2) is 0 Å². The van der Waals surface area contributed by atoms with Crippen LogP contribution in [0.15, 0.2) is 12.7 Å². The molecule has 2 atom stereocenters. The van der Waals surface area contributed by atoms with Crippen LogP contribution in [-0.4, -0.2) is 25.2 Å². The minimum Gasteiger partial charge on any atom is -0.381 e. The smallest absolute Gasteiger partial charge is 0.243 e. The molecule has 1 heterocycles. The van der Waals surface area contributed by atoms with Crippen LogP contribution in [0.2, 0.25) is 0 Å². The van der Waals surface area contributed by atoms with Crippen LogP contribution in [0, 0.1) is 11.8 Å². The van der Waals surface area contributed by atoms with Gasteiger partial charge in [0.05, 0.1) is 6.61 Å². The molecule has 3 heteroatoms. The zero-order chi connectivity index (χ0) is 11.3. The molecule has 1 aliphatic heterocycles. The number of carbonyl (C=O) groups is 1. The van der Waals surface area contributed by atoms with E-state index in [-0.39, 0.29) is 11.9 Å². The van der Waals surface area contributed by atoms with Crippen LogP contribution in [0.1, 0.15) is 26.7 Å². The first-order chi connectivity index (χ1) is 7.13. The largest absolute Gasteiger partial charge is 0.381 e. The van der Waals surface area contributed by atoms with E-state index in [4.69, 9.17) is 4.74 Å². The molecule has 0 aromatic carbocycles. The van der Waals surface area contributed by atoms with Gasteiger partial charge in [-0.2, -0.15) is 0 Å². The maximum atomic E-state index is 11.2. The summed E-state index contributed by atoms with van der Waals surface area (Å²) < 4.78 is 5.45. The van der Waals surface area contributed by atoms with Gasteiger partial charge >= 0.3 is 0 Å². The molecule has 1 fully saturated rings. The van der Waals surface area contributed by atoms with Gasteiger partial charge in [0.15, 0.2) is 0 Å². The molecule has 3 nitrogen and oxygen atoms in total. The van der Waals surface area contributed by atoms with E-state index in [2.05, 4.69) is 25.7 Å². The summed E-state index contributed by atoms with van der Waals surface area (Å²) in [5.41, 5.74) is 0. The van der Waals surface area contributed by atoms with E-state index >= 15 is 0 Å². The van der Waals surface area contributed by atoms with Crippen molar-refractivity contribution in [3.8, 4) is 0 Å². The van der Waals surface area contributed by atoms with Gasteiger partial charge in [-0.1, -0.05) is 20.4 Å². The molecule has 1 aliphatic rings. The summed E-state index contributed by atoms with van der Waals surface area (Å²) in [6, 6.07) is 0.256. The fourth-order valence-corrected chi connectivity index (χ4v) is 2.07. The third-order valence-electron chi connectivity index (χ3n) is 2.76. The number of nitrogens with one attached hydrogen (secondary N) is 1. The SMILES string of the molecule is C=CC(=O)NC1CCOCC1CC(C)C. The highest BCUT2D eigenvalue weighted by molar-refractivity contribution is 5.87. The predicted molar refractivity (Wildman–Crippen MR) is 60.5 cm³/mol. The van der Waals surface area contributed by atoms with Gasteiger partial charge < -0.3 is 10.1 Å². The van der Waals surface area contributed by atoms with Gasteiger partial charge in [-0.15, -0.1) is 0 Å². The molecule has 1 amide bonds. The number of hydrogen-bond donors (Lipinski definition) is 1. The maximum absolute atomic E-state index is 11.2. The molecule has 86 valence electrons. The fraction of sp³-hybridized carbons (Fsp3) is 0.750. The van der Waals surface area contributed by atoms with Crippen LogP contribution in [0.3, 0.4) is 0 Å². The zero-order valence-electron chi connectivity index (χ0n) is 9.66. The van der Waals surface area contributed by atoms with Gasteiger partial charge in [-0.05, 0) is 24.8 Å². The number of amides is 1. The molecule has 1 saturated heterocycles. The van der Waals surface area contributed by atoms with Gasteiger partial charge in [-0.3, -0.25) is 4.79 Å². The Bertz CT molecular complexity index is 226. The minimum atomic E-state index is -0.0735. The Hall–Kier alpha value is -0.830. The van der Waals surface area contributed by atoms with Crippen LogP contribution >= 0.6 is 0 Å². The average molecular weight is 211 g/mol. The van der Waals surface area contributed by atoms with Crippen molar-refractivity contribution in [3.05, 3.63) is 12.7 Å². The lowest BCUT2D eigenvalue weighted by molar-refractivity contribution is -0.118. The van der Waals surface area contributed by atoms with Crippen molar-refractivity contribution in [3.63, 3.8) is 0 Å². The third kappa shape index (κ3) is 4.04. The summed E-state index contributed by atoms with van der Waals surface area (Å²) in [5.74, 6) is 1.01. The van der Waals surface area contributed by atoms with Crippen molar-refractivity contribution < 1.29 is 9.53 Å². The Kier molecular flexibility index (Phi) is 4.82. The third-order valence-corrected chi connectivity index (χ3v) is 2.76. The second kappa shape index (κ2) is 5.91. The monoisotopic (exact) mass is 211 g/mol. The molecule has 0 aromatic heterocycles. The molecule has 1 N–H and O–H groups in total. The first-order valence-corrected chi connectivity index (χ1v) is 5.64. The Labute approximate surface area is 91.9 Å². The first kappa shape index (κ1) is 12.2. The molecule has 0 radical (unpaired) electrons. The minimum absolute atomic E-state index is 0.0735. The lowest BCUT2D eigenvalue weighted by Gasteiger charge is -2.32. The molecule has 0 aromatic rings. The normalized spacial score (nSPS) is 26.3. The molecular formula is C12H21NO2. The predicted octanol–water partition coefficient (Wildman–Crippen LogP) is 1.74. The average Bonchev–Trinajstić information content (AvgIpc) is 2.20. The molecule has 0 spiro atoms. The number of hydrogen-bond acceptors (Lipinski definition) is 2. The van der Waals surface area contributed by atoms with Crippen LogP contribution in [-0.2, 0) is 9.53 Å². The van der Waals surface area contributed by atoms with Crippen molar-refractivity contribution >= 4 is 5.91 Å². The van der Waals surface area contributed by atoms with E-state index < -0.39 is 0 Å². The first-order valence-electron chi connectivity index (χ1n) is 5.64. The Morgan fingerprint density at radius 3 is 3.00 bits per heavy atom. The van der Waals surface area contributed by atoms with Crippen LogP contribution in [0.4, 0.5) is 0 Å². The maximum Gasteiger partial charge on any atom is 0.243 e. The second-order valence-corrected chi connectivity index (χ2v) is 4.57. The van der Waals surface area contributed by atoms with E-state index in [1.807, 2.05) is 0 Å².